The quantitative estimate of drug-likeness (QED) is 0.232. The summed E-state index contributed by atoms with van der Waals surface area (Å²) in [5, 5.41) is 0. The number of allylic oxidation sites excluding steroid dienone is 2. The van der Waals surface area contributed by atoms with Gasteiger partial charge in [-0.1, -0.05) is 141 Å². The molecule has 0 heteroatoms. The van der Waals surface area contributed by atoms with Gasteiger partial charge >= 0.3 is 0 Å². The molecule has 35 heavy (non-hydrogen) atoms. The van der Waals surface area contributed by atoms with E-state index in [1.54, 1.807) is 0 Å². The van der Waals surface area contributed by atoms with E-state index in [0.29, 0.717) is 0 Å². The molecule has 0 saturated carbocycles. The second-order valence-electron chi connectivity index (χ2n) is 9.07. The molecule has 5 aromatic carbocycles. The molecule has 0 aliphatic heterocycles. The lowest BCUT2D eigenvalue weighted by molar-refractivity contribution is 0.768. The van der Waals surface area contributed by atoms with Crippen LogP contribution < -0.4 is 0 Å². The summed E-state index contributed by atoms with van der Waals surface area (Å²) in [6, 6.07) is 46.1. The summed E-state index contributed by atoms with van der Waals surface area (Å²) in [6.45, 7) is 8.08. The maximum absolute atomic E-state index is 4.17. The van der Waals surface area contributed by atoms with E-state index < -0.39 is 0 Å². The van der Waals surface area contributed by atoms with Crippen molar-refractivity contribution in [1.29, 1.82) is 0 Å². The molecule has 166 valence electrons. The Kier molecular flexibility index (Phi) is 5.08. The highest BCUT2D eigenvalue weighted by molar-refractivity contribution is 5.95. The van der Waals surface area contributed by atoms with Crippen molar-refractivity contribution in [2.75, 3.05) is 0 Å². The lowest BCUT2D eigenvalue weighted by Gasteiger charge is -2.34. The van der Waals surface area contributed by atoms with Crippen LogP contribution in [0.25, 0.3) is 27.8 Å². The fourth-order valence-corrected chi connectivity index (χ4v) is 5.74. The van der Waals surface area contributed by atoms with Gasteiger partial charge in [0, 0.05) is 0 Å². The molecule has 0 fully saturated rings. The monoisotopic (exact) mass is 446 g/mol. The molecule has 1 aliphatic rings. The fourth-order valence-electron chi connectivity index (χ4n) is 5.74. The Bertz CT molecular complexity index is 1520. The minimum absolute atomic E-state index is 0.382. The summed E-state index contributed by atoms with van der Waals surface area (Å²) >= 11 is 0. The maximum Gasteiger partial charge on any atom is 0.0713 e. The molecule has 0 unspecified atom stereocenters. The third-order valence-electron chi connectivity index (χ3n) is 7.27. The van der Waals surface area contributed by atoms with E-state index in [4.69, 9.17) is 0 Å². The van der Waals surface area contributed by atoms with Gasteiger partial charge in [0.25, 0.3) is 0 Å². The third kappa shape index (κ3) is 3.15. The van der Waals surface area contributed by atoms with Crippen molar-refractivity contribution in [3.8, 4) is 22.3 Å². The number of benzene rings is 5. The molecule has 0 atom stereocenters. The minimum atomic E-state index is -0.382. The lowest BCUT2D eigenvalue weighted by Crippen LogP contribution is -2.28. The van der Waals surface area contributed by atoms with Crippen molar-refractivity contribution in [3.63, 3.8) is 0 Å². The van der Waals surface area contributed by atoms with Crippen molar-refractivity contribution in [3.05, 3.63) is 174 Å². The highest BCUT2D eigenvalue weighted by Gasteiger charge is 2.46. The van der Waals surface area contributed by atoms with E-state index in [0.717, 1.165) is 11.1 Å². The first-order chi connectivity index (χ1) is 17.2. The molecule has 0 saturated heterocycles. The van der Waals surface area contributed by atoms with Gasteiger partial charge in [-0.2, -0.15) is 0 Å². The topological polar surface area (TPSA) is 0 Å². The van der Waals surface area contributed by atoms with Crippen LogP contribution in [0.1, 0.15) is 27.8 Å². The summed E-state index contributed by atoms with van der Waals surface area (Å²) in [6.07, 6.45) is 1.82. The first-order valence-corrected chi connectivity index (χ1v) is 12.0. The number of hydrogen-bond acceptors (Lipinski definition) is 0. The Balaban J connectivity index is 1.72. The van der Waals surface area contributed by atoms with E-state index in [1.807, 2.05) is 6.08 Å². The van der Waals surface area contributed by atoms with E-state index in [-0.39, 0.29) is 5.41 Å². The van der Waals surface area contributed by atoms with Crippen molar-refractivity contribution in [2.24, 2.45) is 0 Å². The first-order valence-electron chi connectivity index (χ1n) is 12.0. The van der Waals surface area contributed by atoms with E-state index >= 15 is 0 Å². The molecule has 0 aromatic heterocycles. The molecular weight excluding hydrogens is 420 g/mol. The molecule has 0 nitrogen and oxygen atoms in total. The Morgan fingerprint density at radius 1 is 0.571 bits per heavy atom. The highest BCUT2D eigenvalue weighted by Crippen LogP contribution is 2.58. The van der Waals surface area contributed by atoms with Crippen molar-refractivity contribution in [1.82, 2.24) is 0 Å². The van der Waals surface area contributed by atoms with Gasteiger partial charge in [0.15, 0.2) is 0 Å². The smallest absolute Gasteiger partial charge is 0.0713 e. The lowest BCUT2D eigenvalue weighted by atomic mass is 9.67. The van der Waals surface area contributed by atoms with Crippen LogP contribution in [0.3, 0.4) is 0 Å². The normalized spacial score (nSPS) is 13.0. The van der Waals surface area contributed by atoms with Gasteiger partial charge < -0.3 is 0 Å². The van der Waals surface area contributed by atoms with E-state index in [2.05, 4.69) is 141 Å². The molecule has 0 heterocycles. The predicted molar refractivity (Wildman–Crippen MR) is 148 cm³/mol. The zero-order chi connectivity index (χ0) is 23.8. The van der Waals surface area contributed by atoms with Crippen molar-refractivity contribution in [2.45, 2.75) is 5.41 Å². The molecule has 1 aliphatic carbocycles. The average Bonchev–Trinajstić information content (AvgIpc) is 3.25. The van der Waals surface area contributed by atoms with Crippen LogP contribution in [-0.4, -0.2) is 0 Å². The van der Waals surface area contributed by atoms with Crippen LogP contribution in [0, 0.1) is 0 Å². The minimum Gasteiger partial charge on any atom is -0.0985 e. The van der Waals surface area contributed by atoms with Crippen LogP contribution in [0.5, 0.6) is 0 Å². The zero-order valence-corrected chi connectivity index (χ0v) is 19.6. The van der Waals surface area contributed by atoms with Crippen LogP contribution in [-0.2, 0) is 5.41 Å². The third-order valence-corrected chi connectivity index (χ3v) is 7.27. The summed E-state index contributed by atoms with van der Waals surface area (Å²) in [4.78, 5) is 0. The largest absolute Gasteiger partial charge is 0.0985 e. The van der Waals surface area contributed by atoms with Crippen LogP contribution in [0.2, 0.25) is 0 Å². The highest BCUT2D eigenvalue weighted by atomic mass is 14.5. The molecule has 6 rings (SSSR count). The predicted octanol–water partition coefficient (Wildman–Crippen LogP) is 8.92. The number of hydrogen-bond donors (Lipinski definition) is 0. The number of rotatable bonds is 5. The maximum atomic E-state index is 4.17. The van der Waals surface area contributed by atoms with Crippen molar-refractivity contribution >= 4 is 5.57 Å². The molecule has 0 amide bonds. The van der Waals surface area contributed by atoms with Crippen LogP contribution in [0.15, 0.2) is 147 Å². The van der Waals surface area contributed by atoms with Gasteiger partial charge in [0.05, 0.1) is 5.41 Å². The van der Waals surface area contributed by atoms with E-state index in [9.17, 15) is 0 Å². The Hall–Kier alpha value is -4.42. The van der Waals surface area contributed by atoms with Gasteiger partial charge in [-0.05, 0) is 61.7 Å². The fraction of sp³-hybridized carbons (Fsp3) is 0.0286. The first kappa shape index (κ1) is 21.1. The molecular formula is C35H26. The second-order valence-corrected chi connectivity index (χ2v) is 9.07. The van der Waals surface area contributed by atoms with Crippen LogP contribution in [0.4, 0.5) is 0 Å². The van der Waals surface area contributed by atoms with Crippen LogP contribution >= 0.6 is 0 Å². The molecule has 0 N–H and O–H groups in total. The molecule has 0 radical (unpaired) electrons. The van der Waals surface area contributed by atoms with E-state index in [1.165, 1.54) is 44.5 Å². The molecule has 5 aromatic rings. The SMILES string of the molecule is C=CC(=C)c1cccc(-c2cccc3c2-c2ccccc2C3(c2ccccc2)c2ccccc2)c1. The number of fused-ring (bicyclic) bond motifs is 3. The summed E-state index contributed by atoms with van der Waals surface area (Å²) in [5.74, 6) is 0. The Labute approximate surface area is 207 Å². The summed E-state index contributed by atoms with van der Waals surface area (Å²) < 4.78 is 0. The summed E-state index contributed by atoms with van der Waals surface area (Å²) in [7, 11) is 0. The average molecular weight is 447 g/mol. The van der Waals surface area contributed by atoms with Gasteiger partial charge in [0.2, 0.25) is 0 Å². The second kappa shape index (κ2) is 8.42. The van der Waals surface area contributed by atoms with Gasteiger partial charge in [-0.15, -0.1) is 0 Å². The van der Waals surface area contributed by atoms with Gasteiger partial charge in [-0.25, -0.2) is 0 Å². The Morgan fingerprint density at radius 2 is 1.14 bits per heavy atom. The molecule has 0 bridgehead atoms. The molecule has 0 spiro atoms. The zero-order valence-electron chi connectivity index (χ0n) is 19.6. The van der Waals surface area contributed by atoms with Gasteiger partial charge in [0.1, 0.15) is 0 Å². The van der Waals surface area contributed by atoms with Crippen molar-refractivity contribution < 1.29 is 0 Å². The van der Waals surface area contributed by atoms with Gasteiger partial charge in [-0.3, -0.25) is 0 Å². The standard InChI is InChI=1S/C35H26/c1-3-25(2)26-14-12-15-27(24-26)30-21-13-23-33-34(30)31-20-10-11-22-32(31)35(33,28-16-6-4-7-17-28)29-18-8-5-9-19-29/h3-24H,1-2H2. The Morgan fingerprint density at radius 3 is 1.83 bits per heavy atom. The summed E-state index contributed by atoms with van der Waals surface area (Å²) in [5.41, 5.74) is 11.9.